The summed E-state index contributed by atoms with van der Waals surface area (Å²) in [6.07, 6.45) is 1.81. The molecule has 0 heterocycles. The first kappa shape index (κ1) is 23.3. The average Bonchev–Trinajstić information content (AvgIpc) is 2.77. The number of hydrogen-bond donors (Lipinski definition) is 0. The van der Waals surface area contributed by atoms with Gasteiger partial charge < -0.3 is 14.2 Å². The number of methoxy groups -OCH3 is 2. The van der Waals surface area contributed by atoms with Crippen LogP contribution in [0.5, 0.6) is 17.2 Å². The zero-order chi connectivity index (χ0) is 22.4. The molecule has 0 N–H and O–H groups in total. The third-order valence-electron chi connectivity index (χ3n) is 4.47. The van der Waals surface area contributed by atoms with Crippen LogP contribution >= 0.6 is 45.8 Å². The van der Waals surface area contributed by atoms with E-state index < -0.39 is 0 Å². The van der Waals surface area contributed by atoms with Gasteiger partial charge in [-0.2, -0.15) is 5.26 Å². The summed E-state index contributed by atoms with van der Waals surface area (Å²) < 4.78 is 17.6. The van der Waals surface area contributed by atoms with Crippen molar-refractivity contribution in [2.24, 2.45) is 0 Å². The van der Waals surface area contributed by atoms with Crippen molar-refractivity contribution in [1.82, 2.24) is 0 Å². The molecule has 0 atom stereocenters. The molecule has 7 heteroatoms. The normalized spacial score (nSPS) is 11.0. The molecule has 0 unspecified atom stereocenters. The highest BCUT2D eigenvalue weighted by molar-refractivity contribution is 14.1. The van der Waals surface area contributed by atoms with Crippen LogP contribution in [0.2, 0.25) is 10.0 Å². The molecule has 0 bridgehead atoms. The predicted octanol–water partition coefficient (Wildman–Crippen LogP) is 7.26. The van der Waals surface area contributed by atoms with Crippen molar-refractivity contribution in [1.29, 1.82) is 5.26 Å². The van der Waals surface area contributed by atoms with Crippen LogP contribution in [0, 0.1) is 14.9 Å². The number of benzene rings is 3. The molecule has 0 radical (unpaired) electrons. The Labute approximate surface area is 205 Å². The van der Waals surface area contributed by atoms with E-state index in [1.807, 2.05) is 48.5 Å². The Morgan fingerprint density at radius 2 is 1.77 bits per heavy atom. The van der Waals surface area contributed by atoms with Gasteiger partial charge in [0.05, 0.1) is 29.4 Å². The summed E-state index contributed by atoms with van der Waals surface area (Å²) in [5.41, 5.74) is 2.97. The lowest BCUT2D eigenvalue weighted by molar-refractivity contribution is 0.282. The van der Waals surface area contributed by atoms with Gasteiger partial charge in [-0.1, -0.05) is 29.3 Å². The lowest BCUT2D eigenvalue weighted by Crippen LogP contribution is -2.01. The summed E-state index contributed by atoms with van der Waals surface area (Å²) in [6.45, 7) is 0.271. The monoisotopic (exact) mass is 565 g/mol. The largest absolute Gasteiger partial charge is 0.497 e. The minimum atomic E-state index is 0.271. The predicted molar refractivity (Wildman–Crippen MR) is 133 cm³/mol. The van der Waals surface area contributed by atoms with Crippen molar-refractivity contribution >= 4 is 57.4 Å². The first-order chi connectivity index (χ1) is 14.9. The van der Waals surface area contributed by atoms with Gasteiger partial charge in [-0.25, -0.2) is 0 Å². The molecule has 4 nitrogen and oxygen atoms in total. The molecule has 31 heavy (non-hydrogen) atoms. The molecule has 0 fully saturated rings. The molecule has 0 saturated heterocycles. The van der Waals surface area contributed by atoms with Crippen molar-refractivity contribution < 1.29 is 14.2 Å². The molecule has 0 amide bonds. The minimum absolute atomic E-state index is 0.271. The summed E-state index contributed by atoms with van der Waals surface area (Å²) >= 11 is 14.4. The Bertz CT molecular complexity index is 1150. The van der Waals surface area contributed by atoms with Gasteiger partial charge in [0.2, 0.25) is 0 Å². The quantitative estimate of drug-likeness (QED) is 0.172. The van der Waals surface area contributed by atoms with Gasteiger partial charge >= 0.3 is 0 Å². The summed E-state index contributed by atoms with van der Waals surface area (Å²) in [7, 11) is 3.19. The second kappa shape index (κ2) is 10.8. The molecule has 3 aromatic carbocycles. The summed E-state index contributed by atoms with van der Waals surface area (Å²) in [6, 6.07) is 18.6. The highest BCUT2D eigenvalue weighted by Crippen LogP contribution is 2.36. The summed E-state index contributed by atoms with van der Waals surface area (Å²) in [5.74, 6) is 1.91. The van der Waals surface area contributed by atoms with E-state index in [1.54, 1.807) is 26.4 Å². The Kier molecular flexibility index (Phi) is 8.08. The standard InChI is InChI=1S/C24H18Cl2INO3/c1-29-20-7-4-16(5-8-20)18(13-28)9-15-10-22(27)24(23(11-15)30-2)31-14-17-3-6-19(25)12-21(17)26/h3-12H,14H2,1-2H3/b18-9+. The van der Waals surface area contributed by atoms with Crippen molar-refractivity contribution in [3.05, 3.63) is 84.9 Å². The van der Waals surface area contributed by atoms with Crippen molar-refractivity contribution in [2.45, 2.75) is 6.61 Å². The third-order valence-corrected chi connectivity index (χ3v) is 5.86. The molecule has 0 aromatic heterocycles. The van der Waals surface area contributed by atoms with Crippen molar-refractivity contribution in [2.75, 3.05) is 14.2 Å². The number of allylic oxidation sites excluding steroid dienone is 1. The maximum Gasteiger partial charge on any atom is 0.174 e. The van der Waals surface area contributed by atoms with Crippen LogP contribution in [-0.4, -0.2) is 14.2 Å². The fourth-order valence-corrected chi connectivity index (χ4v) is 4.11. The molecule has 158 valence electrons. The van der Waals surface area contributed by atoms with E-state index in [0.29, 0.717) is 27.1 Å². The van der Waals surface area contributed by atoms with Crippen LogP contribution < -0.4 is 14.2 Å². The highest BCUT2D eigenvalue weighted by atomic mass is 127. The molecule has 0 spiro atoms. The molecule has 0 aliphatic heterocycles. The second-order valence-electron chi connectivity index (χ2n) is 6.46. The number of nitrogens with zero attached hydrogens (tertiary/aromatic N) is 1. The van der Waals surface area contributed by atoms with Crippen LogP contribution in [0.1, 0.15) is 16.7 Å². The molecule has 0 aliphatic carbocycles. The zero-order valence-electron chi connectivity index (χ0n) is 16.8. The first-order valence-electron chi connectivity index (χ1n) is 9.15. The van der Waals surface area contributed by atoms with Gasteiger partial charge in [0.15, 0.2) is 11.5 Å². The van der Waals surface area contributed by atoms with E-state index in [1.165, 1.54) is 0 Å². The summed E-state index contributed by atoms with van der Waals surface area (Å²) in [4.78, 5) is 0. The number of halogens is 3. The van der Waals surface area contributed by atoms with E-state index in [4.69, 9.17) is 37.4 Å². The van der Waals surface area contributed by atoms with Gasteiger partial charge in [0, 0.05) is 15.6 Å². The fraction of sp³-hybridized carbons (Fsp3) is 0.125. The van der Waals surface area contributed by atoms with Gasteiger partial charge in [0.1, 0.15) is 12.4 Å². The molecule has 0 aliphatic rings. The van der Waals surface area contributed by atoms with E-state index in [9.17, 15) is 5.26 Å². The number of rotatable bonds is 7. The number of hydrogen-bond acceptors (Lipinski definition) is 4. The molecule has 0 saturated carbocycles. The SMILES string of the molecule is COc1ccc(/C(C#N)=C/c2cc(I)c(OCc3ccc(Cl)cc3Cl)c(OC)c2)cc1. The summed E-state index contributed by atoms with van der Waals surface area (Å²) in [5, 5.41) is 10.8. The molecule has 3 rings (SSSR count). The second-order valence-corrected chi connectivity index (χ2v) is 8.46. The van der Waals surface area contributed by atoms with Crippen LogP contribution in [0.15, 0.2) is 54.6 Å². The lowest BCUT2D eigenvalue weighted by atomic mass is 10.0. The van der Waals surface area contributed by atoms with Crippen LogP contribution in [0.25, 0.3) is 11.6 Å². The van der Waals surface area contributed by atoms with Crippen molar-refractivity contribution in [3.63, 3.8) is 0 Å². The van der Waals surface area contributed by atoms with Gasteiger partial charge in [0.25, 0.3) is 0 Å². The van der Waals surface area contributed by atoms with E-state index in [0.717, 1.165) is 26.0 Å². The lowest BCUT2D eigenvalue weighted by Gasteiger charge is -2.14. The minimum Gasteiger partial charge on any atom is -0.497 e. The first-order valence-corrected chi connectivity index (χ1v) is 11.0. The molecular weight excluding hydrogens is 548 g/mol. The third kappa shape index (κ3) is 5.85. The zero-order valence-corrected chi connectivity index (χ0v) is 20.5. The van der Waals surface area contributed by atoms with E-state index in [-0.39, 0.29) is 6.61 Å². The van der Waals surface area contributed by atoms with Gasteiger partial charge in [-0.05, 0) is 88.3 Å². The maximum atomic E-state index is 9.64. The van der Waals surface area contributed by atoms with Gasteiger partial charge in [-0.15, -0.1) is 0 Å². The molecular formula is C24H18Cl2INO3. The Hall–Kier alpha value is -2.40. The maximum absolute atomic E-state index is 9.64. The Morgan fingerprint density at radius 1 is 1.03 bits per heavy atom. The van der Waals surface area contributed by atoms with E-state index in [2.05, 4.69) is 28.7 Å². The highest BCUT2D eigenvalue weighted by Gasteiger charge is 2.13. The fourth-order valence-electron chi connectivity index (χ4n) is 2.87. The van der Waals surface area contributed by atoms with E-state index >= 15 is 0 Å². The topological polar surface area (TPSA) is 51.5 Å². The Morgan fingerprint density at radius 3 is 2.39 bits per heavy atom. The average molecular weight is 566 g/mol. The van der Waals surface area contributed by atoms with Crippen molar-refractivity contribution in [3.8, 4) is 23.3 Å². The number of nitriles is 1. The van der Waals surface area contributed by atoms with Crippen LogP contribution in [0.4, 0.5) is 0 Å². The van der Waals surface area contributed by atoms with Gasteiger partial charge in [-0.3, -0.25) is 0 Å². The Balaban J connectivity index is 1.88. The van der Waals surface area contributed by atoms with Crippen LogP contribution in [0.3, 0.4) is 0 Å². The smallest absolute Gasteiger partial charge is 0.174 e. The number of ether oxygens (including phenoxy) is 3. The molecule has 3 aromatic rings. The van der Waals surface area contributed by atoms with Crippen LogP contribution in [-0.2, 0) is 6.61 Å².